The van der Waals surface area contributed by atoms with E-state index in [0.29, 0.717) is 35.3 Å². The second kappa shape index (κ2) is 42.2. The van der Waals surface area contributed by atoms with Crippen molar-refractivity contribution in [3.63, 3.8) is 0 Å². The molecule has 15 nitrogen and oxygen atoms in total. The first-order valence-corrected chi connectivity index (χ1v) is 53.7. The number of nitrogens with zero attached hydrogens (tertiary/aromatic N) is 10. The van der Waals surface area contributed by atoms with Crippen LogP contribution in [0, 0.1) is 75.5 Å². The van der Waals surface area contributed by atoms with Gasteiger partial charge in [0, 0.05) is 155 Å². The summed E-state index contributed by atoms with van der Waals surface area (Å²) in [6.45, 7) is 48.9. The molecule has 0 bridgehead atoms. The molecule has 2 fully saturated rings. The molecule has 0 N–H and O–H groups in total. The lowest BCUT2D eigenvalue weighted by atomic mass is 9.86. The normalized spacial score (nSPS) is 13.5. The van der Waals surface area contributed by atoms with Crippen LogP contribution in [0.5, 0.6) is 0 Å². The molecule has 0 atom stereocenters. The van der Waals surface area contributed by atoms with E-state index >= 15 is 0 Å². The maximum Gasteiger partial charge on any atom is 0.227 e. The molecule has 5 aromatic carbocycles. The average Bonchev–Trinajstić information content (AvgIpc) is 1.69. The molecule has 0 radical (unpaired) electrons. The minimum Gasteiger partial charge on any atom is -0.437 e. The van der Waals surface area contributed by atoms with Crippen LogP contribution in [0.25, 0.3) is 167 Å². The Morgan fingerprint density at radius 3 is 0.815 bits per heavy atom. The van der Waals surface area contributed by atoms with Crippen LogP contribution in [-0.4, -0.2) is 24.9 Å². The van der Waals surface area contributed by atoms with E-state index in [1.54, 1.807) is 0 Å². The van der Waals surface area contributed by atoms with Crippen LogP contribution in [0.3, 0.4) is 0 Å². The van der Waals surface area contributed by atoms with Crippen molar-refractivity contribution in [1.82, 2.24) is 24.9 Å². The third-order valence-electron chi connectivity index (χ3n) is 29.5. The van der Waals surface area contributed by atoms with Crippen LogP contribution in [0.4, 0.5) is 0 Å². The molecular weight excluding hydrogens is 1790 g/mol. The van der Waals surface area contributed by atoms with Gasteiger partial charge in [0.25, 0.3) is 0 Å². The van der Waals surface area contributed by atoms with Crippen molar-refractivity contribution < 1.29 is 44.9 Å². The van der Waals surface area contributed by atoms with Gasteiger partial charge in [-0.05, 0) is 262 Å². The zero-order valence-corrected chi connectivity index (χ0v) is 91.9. The molecule has 2 saturated carbocycles. The Labute approximate surface area is 864 Å². The fraction of sp³-hybridized carbons (Fsp3) is 0.389. The minimum atomic E-state index is 0.193. The van der Waals surface area contributed by atoms with Gasteiger partial charge < -0.3 is 22.1 Å². The van der Waals surface area contributed by atoms with E-state index in [9.17, 15) is 0 Å². The summed E-state index contributed by atoms with van der Waals surface area (Å²) >= 11 is 0. The van der Waals surface area contributed by atoms with Crippen molar-refractivity contribution in [1.29, 1.82) is 0 Å². The fourth-order valence-corrected chi connectivity index (χ4v) is 22.3. The largest absolute Gasteiger partial charge is 0.437 e. The molecule has 0 amide bonds. The summed E-state index contributed by atoms with van der Waals surface area (Å²) in [4.78, 5) is 24.1. The number of furan rings is 5. The van der Waals surface area contributed by atoms with E-state index in [1.807, 2.05) is 13.0 Å². The second-order valence-corrected chi connectivity index (χ2v) is 47.3. The zero-order chi connectivity index (χ0) is 103. The third-order valence-corrected chi connectivity index (χ3v) is 29.5. The predicted octanol–water partition coefficient (Wildman–Crippen LogP) is 31.8. The van der Waals surface area contributed by atoms with Gasteiger partial charge in [0.1, 0.15) is 35.2 Å². The maximum atomic E-state index is 6.50. The smallest absolute Gasteiger partial charge is 0.227 e. The van der Waals surface area contributed by atoms with Crippen molar-refractivity contribution >= 4 is 110 Å². The second-order valence-electron chi connectivity index (χ2n) is 47.3. The number of aryl methyl sites for hydroxylation is 12. The molecule has 2 aliphatic carbocycles. The Morgan fingerprint density at radius 1 is 0.274 bits per heavy atom. The quantitative estimate of drug-likeness (QED) is 0.0806. The molecule has 146 heavy (non-hydrogen) atoms. The highest BCUT2D eigenvalue weighted by Gasteiger charge is 2.32. The number of fused-ring (bicyclic) bond motifs is 15. The van der Waals surface area contributed by atoms with Crippen LogP contribution < -0.4 is 22.8 Å². The number of pyridine rings is 10. The molecule has 0 aliphatic heterocycles. The molecule has 15 aromatic heterocycles. The van der Waals surface area contributed by atoms with Gasteiger partial charge >= 0.3 is 0 Å². The monoisotopic (exact) mass is 1950 g/mol. The highest BCUT2D eigenvalue weighted by atomic mass is 16.4. The van der Waals surface area contributed by atoms with Crippen molar-refractivity contribution in [2.24, 2.45) is 69.2 Å². The molecule has 2 aliphatic rings. The Morgan fingerprint density at radius 2 is 0.521 bits per heavy atom. The number of benzene rings is 5. The van der Waals surface area contributed by atoms with Gasteiger partial charge in [0.2, 0.25) is 57.0 Å². The number of aromatic nitrogens is 10. The summed E-state index contributed by atoms with van der Waals surface area (Å²) in [5, 5.41) is 11.2. The lowest BCUT2D eigenvalue weighted by molar-refractivity contribution is -0.660. The Bertz CT molecular complexity index is 8280. The van der Waals surface area contributed by atoms with Crippen LogP contribution in [0.1, 0.15) is 265 Å². The van der Waals surface area contributed by atoms with E-state index in [-0.39, 0.29) is 16.2 Å². The van der Waals surface area contributed by atoms with Crippen LogP contribution in [0.15, 0.2) is 235 Å². The minimum absolute atomic E-state index is 0.193. The lowest BCUT2D eigenvalue weighted by Crippen LogP contribution is -2.31. The molecule has 20 aromatic rings. The Balaban J connectivity index is 0.000000120. The molecule has 0 unspecified atom stereocenters. The summed E-state index contributed by atoms with van der Waals surface area (Å²) in [7, 11) is 10.5. The first kappa shape index (κ1) is 103. The zero-order valence-electron chi connectivity index (χ0n) is 91.9. The fourth-order valence-electron chi connectivity index (χ4n) is 22.3. The van der Waals surface area contributed by atoms with Crippen LogP contribution in [0.2, 0.25) is 0 Å². The molecule has 0 saturated heterocycles. The summed E-state index contributed by atoms with van der Waals surface area (Å²) in [5.41, 5.74) is 39.3. The molecule has 15 heterocycles. The standard InChI is InChI=1S/C28H33N2O.C27H31N2O.C27H33N2O.C25H29N2O.C24H27N2O/c1-18(2)16-20-14-15-30(4)25(17-20)26-19(3)10-11-22-23-12-13-24(21-8-6-5-7-9-21)29-28(23)31-27(22)26;1-17(2)15-19-13-14-29(4)24(16-19)25-18(3)9-10-21-22-11-12-23(20-7-5-6-8-20)28-27(22)30-26(21)25;1-17(2)14-19-12-13-29(7)23(15-19)24-18(3)8-10-21-22-11-9-20(16-27(4,5)6)28-26(22)30-25(21)24;1-7-18-9-11-20-19-10-8-16(2)22(23(19)28-24(20)26-18)21-14-17(12-13-27(21)6)15-25(3,4)5;1-15-7-9-18-19-10-8-16(2)25-23(19)27-22(18)21(15)20-13-17(11-12-26(20)6)14-24(3,4)5/h10-15,17-18,21H,5-9,16H2,1-4H3;9-14,16-17,20H,5-8,15H2,1-4H3;8-13,15,17H,14,16H2,1-7H3;8-14H,7,15H2,1-6H3;7-13H,14H2,1-6H3/q5*+1. The predicted molar refractivity (Wildman–Crippen MR) is 601 cm³/mol. The van der Waals surface area contributed by atoms with Gasteiger partial charge in [0.15, 0.2) is 58.9 Å². The van der Waals surface area contributed by atoms with Crippen molar-refractivity contribution in [2.45, 2.75) is 267 Å². The molecule has 22 rings (SSSR count). The van der Waals surface area contributed by atoms with E-state index in [2.05, 4.69) is 415 Å². The van der Waals surface area contributed by atoms with E-state index < -0.39 is 0 Å². The average molecular weight is 1950 g/mol. The Hall–Kier alpha value is -13.4. The molecule has 15 heteroatoms. The number of hydrogen-bond donors (Lipinski definition) is 0. The van der Waals surface area contributed by atoms with Crippen molar-refractivity contribution in [3.8, 4) is 56.3 Å². The van der Waals surface area contributed by atoms with Crippen molar-refractivity contribution in [3.05, 3.63) is 297 Å². The van der Waals surface area contributed by atoms with E-state index in [0.717, 1.165) is 183 Å². The summed E-state index contributed by atoms with van der Waals surface area (Å²) < 4.78 is 43.0. The van der Waals surface area contributed by atoms with Gasteiger partial charge in [-0.25, -0.2) is 47.8 Å². The molecular formula is C131H153N10O5+5. The lowest BCUT2D eigenvalue weighted by Gasteiger charge is -2.20. The number of hydrogen-bond acceptors (Lipinski definition) is 10. The maximum absolute atomic E-state index is 6.50. The first-order chi connectivity index (χ1) is 69.6. The first-order valence-electron chi connectivity index (χ1n) is 53.7. The van der Waals surface area contributed by atoms with Gasteiger partial charge in [-0.15, -0.1) is 0 Å². The topological polar surface area (TPSA) is 150 Å². The summed E-state index contributed by atoms with van der Waals surface area (Å²) in [6.07, 6.45) is 29.6. The van der Waals surface area contributed by atoms with Crippen molar-refractivity contribution in [2.75, 3.05) is 0 Å². The van der Waals surface area contributed by atoms with Gasteiger partial charge in [-0.3, -0.25) is 0 Å². The van der Waals surface area contributed by atoms with Gasteiger partial charge in [0.05, 0.1) is 27.8 Å². The van der Waals surface area contributed by atoms with Gasteiger partial charge in [-0.1, -0.05) is 204 Å². The number of rotatable bonds is 17. The Kier molecular flexibility index (Phi) is 29.7. The highest BCUT2D eigenvalue weighted by molar-refractivity contribution is 6.13. The summed E-state index contributed by atoms with van der Waals surface area (Å²) in [6, 6.07) is 66.2. The molecule has 752 valence electrons. The van der Waals surface area contributed by atoms with E-state index in [4.69, 9.17) is 42.0 Å². The third kappa shape index (κ3) is 22.3. The van der Waals surface area contributed by atoms with E-state index in [1.165, 1.54) is 164 Å². The summed E-state index contributed by atoms with van der Waals surface area (Å²) in [5.74, 6) is 3.06. The van der Waals surface area contributed by atoms with Crippen LogP contribution >= 0.6 is 0 Å². The highest BCUT2D eigenvalue weighted by Crippen LogP contribution is 2.46. The SMILES string of the molecule is CCc1ccc2c(n1)oc1c(-c3cc(CC(C)(C)C)cc[n+]3C)c(C)ccc12.Cc1ccc2c(n1)oc1c(-c3cc(CC(C)(C)C)cc[n+]3C)c(C)ccc12.Cc1ccc2c(oc3nc(C4CCCC4)ccc32)c1-c1cc(CC(C)C)cc[n+]1C.Cc1ccc2c(oc3nc(C4CCCCC4)ccc32)c1-c1cc(CC(C)C)cc[n+]1C.Cc1ccc2c(oc3nc(CC(C)(C)C)ccc32)c1-c1cc(CC(C)C)cc[n+]1C. The molecule has 0 spiro atoms. The van der Waals surface area contributed by atoms with Gasteiger partial charge in [-0.2, -0.15) is 0 Å². The van der Waals surface area contributed by atoms with Crippen LogP contribution in [-0.2, 0) is 80.2 Å².